The first-order valence-electron chi connectivity index (χ1n) is 7.02. The first-order valence-corrected chi connectivity index (χ1v) is 8.57. The molecule has 0 radical (unpaired) electrons. The minimum atomic E-state index is 0.237. The Morgan fingerprint density at radius 1 is 1.05 bits per heavy atom. The molecule has 1 unspecified atom stereocenters. The third-order valence-electron chi connectivity index (χ3n) is 3.28. The Balaban J connectivity index is 2.22. The number of hydrogen-bond acceptors (Lipinski definition) is 1. The zero-order valence-electron chi connectivity index (χ0n) is 11.9. The summed E-state index contributed by atoms with van der Waals surface area (Å²) in [7, 11) is 0. The maximum Gasteiger partial charge on any atom is 0.0420 e. The van der Waals surface area contributed by atoms with E-state index in [1.807, 2.05) is 24.3 Å². The van der Waals surface area contributed by atoms with Crippen LogP contribution in [0.4, 0.5) is 0 Å². The van der Waals surface area contributed by atoms with E-state index in [2.05, 4.69) is 46.4 Å². The molecule has 0 saturated heterocycles. The van der Waals surface area contributed by atoms with Crippen molar-refractivity contribution in [1.82, 2.24) is 5.32 Å². The predicted molar refractivity (Wildman–Crippen MR) is 95.3 cm³/mol. The van der Waals surface area contributed by atoms with Gasteiger partial charge in [-0.2, -0.15) is 0 Å². The molecule has 0 bridgehead atoms. The highest BCUT2D eigenvalue weighted by Gasteiger charge is 2.13. The molecule has 2 aromatic rings. The molecule has 1 N–H and O–H groups in total. The molecule has 0 aliphatic rings. The van der Waals surface area contributed by atoms with Gasteiger partial charge in [0.15, 0.2) is 0 Å². The topological polar surface area (TPSA) is 12.0 Å². The second kappa shape index (κ2) is 8.19. The van der Waals surface area contributed by atoms with Gasteiger partial charge in [-0.15, -0.1) is 0 Å². The molecule has 2 rings (SSSR count). The summed E-state index contributed by atoms with van der Waals surface area (Å²) in [5.41, 5.74) is 2.45. The molecule has 0 amide bonds. The number of nitrogens with one attached hydrogen (secondary N) is 1. The molecule has 0 aromatic heterocycles. The van der Waals surface area contributed by atoms with Crippen molar-refractivity contribution in [3.05, 3.63) is 68.1 Å². The van der Waals surface area contributed by atoms with Crippen molar-refractivity contribution < 1.29 is 0 Å². The van der Waals surface area contributed by atoms with Gasteiger partial charge in [0.1, 0.15) is 0 Å². The second-order valence-corrected chi connectivity index (χ2v) is 6.83. The van der Waals surface area contributed by atoms with Gasteiger partial charge >= 0.3 is 0 Å². The fourth-order valence-electron chi connectivity index (χ4n) is 2.26. The van der Waals surface area contributed by atoms with Crippen molar-refractivity contribution in [3.8, 4) is 0 Å². The molecule has 0 spiro atoms. The van der Waals surface area contributed by atoms with Gasteiger partial charge in [0, 0.05) is 20.6 Å². The summed E-state index contributed by atoms with van der Waals surface area (Å²) in [4.78, 5) is 0. The minimum Gasteiger partial charge on any atom is -0.310 e. The third-order valence-corrected chi connectivity index (χ3v) is 4.21. The van der Waals surface area contributed by atoms with Crippen LogP contribution in [-0.2, 0) is 6.42 Å². The Hall–Kier alpha value is -0.540. The van der Waals surface area contributed by atoms with Gasteiger partial charge in [-0.05, 0) is 60.8 Å². The first kappa shape index (κ1) is 16.8. The van der Waals surface area contributed by atoms with Gasteiger partial charge in [0.2, 0.25) is 0 Å². The van der Waals surface area contributed by atoms with E-state index in [0.29, 0.717) is 0 Å². The molecule has 4 heteroatoms. The largest absolute Gasteiger partial charge is 0.310 e. The molecule has 0 aliphatic heterocycles. The Bertz CT molecular complexity index is 564. The van der Waals surface area contributed by atoms with Crippen LogP contribution in [0.1, 0.15) is 30.5 Å². The summed E-state index contributed by atoms with van der Waals surface area (Å²) >= 11 is 15.6. The normalized spacial score (nSPS) is 12.4. The highest BCUT2D eigenvalue weighted by Crippen LogP contribution is 2.26. The summed E-state index contributed by atoms with van der Waals surface area (Å²) in [6.45, 7) is 3.14. The van der Waals surface area contributed by atoms with E-state index in [-0.39, 0.29) is 6.04 Å². The van der Waals surface area contributed by atoms with Crippen molar-refractivity contribution >= 4 is 39.1 Å². The molecule has 1 atom stereocenters. The lowest BCUT2D eigenvalue weighted by Crippen LogP contribution is -2.24. The van der Waals surface area contributed by atoms with Crippen LogP contribution < -0.4 is 5.32 Å². The summed E-state index contributed by atoms with van der Waals surface area (Å²) in [5, 5.41) is 5.11. The van der Waals surface area contributed by atoms with Crippen molar-refractivity contribution in [3.63, 3.8) is 0 Å². The lowest BCUT2D eigenvalue weighted by atomic mass is 9.99. The zero-order chi connectivity index (χ0) is 15.2. The predicted octanol–water partition coefficient (Wildman–Crippen LogP) is 6.04. The minimum absolute atomic E-state index is 0.237. The van der Waals surface area contributed by atoms with E-state index in [1.165, 1.54) is 11.1 Å². The smallest absolute Gasteiger partial charge is 0.0420 e. The SMILES string of the molecule is CCCNC(Cc1ccc(Cl)cc1)c1cc(Cl)cc(Br)c1. The van der Waals surface area contributed by atoms with Crippen molar-refractivity contribution in [2.45, 2.75) is 25.8 Å². The second-order valence-electron chi connectivity index (χ2n) is 5.04. The van der Waals surface area contributed by atoms with E-state index in [9.17, 15) is 0 Å². The van der Waals surface area contributed by atoms with Crippen LogP contribution in [0.5, 0.6) is 0 Å². The molecule has 0 aliphatic carbocycles. The maximum absolute atomic E-state index is 6.18. The van der Waals surface area contributed by atoms with Gasteiger partial charge < -0.3 is 5.32 Å². The van der Waals surface area contributed by atoms with E-state index in [0.717, 1.165) is 33.9 Å². The molecule has 0 fully saturated rings. The molecular formula is C17H18BrCl2N. The molecule has 0 heterocycles. The van der Waals surface area contributed by atoms with E-state index in [4.69, 9.17) is 23.2 Å². The first-order chi connectivity index (χ1) is 10.1. The Kier molecular flexibility index (Phi) is 6.56. The molecule has 2 aromatic carbocycles. The molecule has 0 saturated carbocycles. The summed E-state index contributed by atoms with van der Waals surface area (Å²) in [6.07, 6.45) is 2.00. The lowest BCUT2D eigenvalue weighted by Gasteiger charge is -2.20. The average molecular weight is 387 g/mol. The number of benzene rings is 2. The fraction of sp³-hybridized carbons (Fsp3) is 0.294. The van der Waals surface area contributed by atoms with Gasteiger partial charge in [-0.1, -0.05) is 58.2 Å². The van der Waals surface area contributed by atoms with Crippen LogP contribution in [0.15, 0.2) is 46.9 Å². The van der Waals surface area contributed by atoms with Crippen LogP contribution in [0.3, 0.4) is 0 Å². The van der Waals surface area contributed by atoms with Crippen molar-refractivity contribution in [2.75, 3.05) is 6.54 Å². The Labute approximate surface area is 144 Å². The number of rotatable bonds is 6. The third kappa shape index (κ3) is 5.30. The lowest BCUT2D eigenvalue weighted by molar-refractivity contribution is 0.529. The molecular weight excluding hydrogens is 369 g/mol. The van der Waals surface area contributed by atoms with Gasteiger partial charge in [0.05, 0.1) is 0 Å². The summed E-state index contributed by atoms with van der Waals surface area (Å²) in [6, 6.07) is 14.3. The fourth-order valence-corrected chi connectivity index (χ4v) is 3.27. The van der Waals surface area contributed by atoms with E-state index >= 15 is 0 Å². The number of hydrogen-bond donors (Lipinski definition) is 1. The van der Waals surface area contributed by atoms with Crippen LogP contribution >= 0.6 is 39.1 Å². The van der Waals surface area contributed by atoms with Gasteiger partial charge in [0.25, 0.3) is 0 Å². The Morgan fingerprint density at radius 2 is 1.76 bits per heavy atom. The standard InChI is InChI=1S/C17H18BrCl2N/c1-2-7-21-17(8-12-3-5-15(19)6-4-12)13-9-14(18)11-16(20)10-13/h3-6,9-11,17,21H,2,7-8H2,1H3. The maximum atomic E-state index is 6.18. The monoisotopic (exact) mass is 385 g/mol. The number of halogens is 3. The zero-order valence-corrected chi connectivity index (χ0v) is 15.0. The molecule has 21 heavy (non-hydrogen) atoms. The van der Waals surface area contributed by atoms with Crippen molar-refractivity contribution in [2.24, 2.45) is 0 Å². The van der Waals surface area contributed by atoms with Gasteiger partial charge in [-0.25, -0.2) is 0 Å². The van der Waals surface area contributed by atoms with Crippen LogP contribution in [-0.4, -0.2) is 6.54 Å². The average Bonchev–Trinajstić information content (AvgIpc) is 2.44. The highest BCUT2D eigenvalue weighted by molar-refractivity contribution is 9.10. The van der Waals surface area contributed by atoms with E-state index in [1.54, 1.807) is 0 Å². The molecule has 112 valence electrons. The van der Waals surface area contributed by atoms with Gasteiger partial charge in [-0.3, -0.25) is 0 Å². The Morgan fingerprint density at radius 3 is 2.38 bits per heavy atom. The highest BCUT2D eigenvalue weighted by atomic mass is 79.9. The molecule has 1 nitrogen and oxygen atoms in total. The van der Waals surface area contributed by atoms with E-state index < -0.39 is 0 Å². The van der Waals surface area contributed by atoms with Crippen molar-refractivity contribution in [1.29, 1.82) is 0 Å². The summed E-state index contributed by atoms with van der Waals surface area (Å²) < 4.78 is 1.00. The van der Waals surface area contributed by atoms with Crippen LogP contribution in [0.2, 0.25) is 10.0 Å². The summed E-state index contributed by atoms with van der Waals surface area (Å²) in [5.74, 6) is 0. The quantitative estimate of drug-likeness (QED) is 0.638. The van der Waals surface area contributed by atoms with Crippen LogP contribution in [0.25, 0.3) is 0 Å². The van der Waals surface area contributed by atoms with Crippen LogP contribution in [0, 0.1) is 0 Å².